The second kappa shape index (κ2) is 4.56. The molecule has 1 heteroatoms. The number of rotatable bonds is 0. The molecule has 1 aliphatic carbocycles. The summed E-state index contributed by atoms with van der Waals surface area (Å²) < 4.78 is 0. The van der Waals surface area contributed by atoms with Crippen LogP contribution in [0.15, 0.2) is 54.6 Å². The van der Waals surface area contributed by atoms with Crippen molar-refractivity contribution < 1.29 is 4.79 Å². The molecule has 0 spiro atoms. The first-order chi connectivity index (χ1) is 7.38. The van der Waals surface area contributed by atoms with E-state index in [1.54, 1.807) is 0 Å². The van der Waals surface area contributed by atoms with Gasteiger partial charge in [-0.1, -0.05) is 60.7 Å². The Bertz CT molecular complexity index is 457. The van der Waals surface area contributed by atoms with Crippen molar-refractivity contribution in [3.8, 4) is 0 Å². The summed E-state index contributed by atoms with van der Waals surface area (Å²) in [6.07, 6.45) is 4.41. The van der Waals surface area contributed by atoms with E-state index in [2.05, 4.69) is 0 Å². The van der Waals surface area contributed by atoms with Gasteiger partial charge < -0.3 is 0 Å². The summed E-state index contributed by atoms with van der Waals surface area (Å²) in [5, 5.41) is 0. The molecule has 0 aliphatic heterocycles. The Balaban J connectivity index is 2.65. The molecule has 0 unspecified atom stereocenters. The Morgan fingerprint density at radius 1 is 0.867 bits per heavy atom. The van der Waals surface area contributed by atoms with E-state index in [0.29, 0.717) is 6.42 Å². The fraction of sp³-hybridized carbons (Fsp3) is 0.0714. The van der Waals surface area contributed by atoms with E-state index < -0.39 is 0 Å². The quantitative estimate of drug-likeness (QED) is 0.621. The lowest BCUT2D eigenvalue weighted by Crippen LogP contribution is -2.02. The minimum absolute atomic E-state index is 0.186. The molecule has 1 aromatic rings. The van der Waals surface area contributed by atoms with Crippen molar-refractivity contribution in [2.45, 2.75) is 6.42 Å². The van der Waals surface area contributed by atoms with Crippen LogP contribution in [0, 0.1) is 0 Å². The highest BCUT2D eigenvalue weighted by Gasteiger charge is 2.09. The van der Waals surface area contributed by atoms with Crippen molar-refractivity contribution >= 4 is 11.9 Å². The molecule has 0 amide bonds. The lowest BCUT2D eigenvalue weighted by molar-refractivity contribution is 0.0994. The lowest BCUT2D eigenvalue weighted by atomic mass is 9.98. The Morgan fingerprint density at radius 3 is 2.33 bits per heavy atom. The molecule has 2 rings (SSSR count). The molecule has 0 fully saturated rings. The third-order valence-corrected chi connectivity index (χ3v) is 2.31. The number of hydrogen-bond donors (Lipinski definition) is 0. The number of ketones is 1. The highest BCUT2D eigenvalue weighted by atomic mass is 16.1. The standard InChI is InChI=1S/C14H12O/c15-14-11-7-9-12-8-5-3-1-2-4-6-10-13(12)14/h1-10H,11H2. The van der Waals surface area contributed by atoms with Crippen LogP contribution < -0.4 is 0 Å². The number of Topliss-reactive ketones (excluding diaryl/α,β-unsaturated/α-hetero) is 1. The largest absolute Gasteiger partial charge is 0.294 e. The van der Waals surface area contributed by atoms with Gasteiger partial charge in [-0.3, -0.25) is 4.79 Å². The summed E-state index contributed by atoms with van der Waals surface area (Å²) >= 11 is 0. The monoisotopic (exact) mass is 196 g/mol. The zero-order chi connectivity index (χ0) is 10.5. The van der Waals surface area contributed by atoms with Gasteiger partial charge in [0.15, 0.2) is 5.78 Å². The van der Waals surface area contributed by atoms with E-state index in [1.807, 2.05) is 60.7 Å². The van der Waals surface area contributed by atoms with Crippen molar-refractivity contribution in [2.24, 2.45) is 0 Å². The van der Waals surface area contributed by atoms with E-state index in [0.717, 1.165) is 11.1 Å². The van der Waals surface area contributed by atoms with Crippen LogP contribution in [0.1, 0.15) is 22.3 Å². The summed E-state index contributed by atoms with van der Waals surface area (Å²) in [5.74, 6) is 0.186. The van der Waals surface area contributed by atoms with E-state index in [4.69, 9.17) is 0 Å². The zero-order valence-corrected chi connectivity index (χ0v) is 8.39. The smallest absolute Gasteiger partial charge is 0.167 e. The van der Waals surface area contributed by atoms with Gasteiger partial charge in [0.05, 0.1) is 0 Å². The number of carbonyl (C=O) groups excluding carboxylic acids is 1. The summed E-state index contributed by atoms with van der Waals surface area (Å²) in [5.41, 5.74) is 1.79. The average Bonchev–Trinajstić information content (AvgIpc) is 2.26. The van der Waals surface area contributed by atoms with Crippen molar-refractivity contribution in [1.29, 1.82) is 0 Å². The normalized spacial score (nSPS) is 12.9. The van der Waals surface area contributed by atoms with E-state index in [-0.39, 0.29) is 5.78 Å². The fourth-order valence-corrected chi connectivity index (χ4v) is 1.56. The van der Waals surface area contributed by atoms with Crippen LogP contribution >= 0.6 is 0 Å². The molecule has 0 N–H and O–H groups in total. The number of carbonyl (C=O) groups is 1. The summed E-state index contributed by atoms with van der Waals surface area (Å²) in [7, 11) is 0. The molecule has 0 radical (unpaired) electrons. The lowest BCUT2D eigenvalue weighted by Gasteiger charge is -2.05. The van der Waals surface area contributed by atoms with Crippen molar-refractivity contribution in [2.75, 3.05) is 0 Å². The second-order valence-corrected chi connectivity index (χ2v) is 3.39. The number of fused-ring (bicyclic) bond motifs is 1. The number of allylic oxidation sites excluding steroid dienone is 1. The minimum Gasteiger partial charge on any atom is -0.294 e. The Kier molecular flexibility index (Phi) is 2.93. The van der Waals surface area contributed by atoms with Crippen LogP contribution in [0.4, 0.5) is 0 Å². The van der Waals surface area contributed by atoms with Crippen LogP contribution in [0.5, 0.6) is 0 Å². The molecule has 0 atom stereocenters. The van der Waals surface area contributed by atoms with Gasteiger partial charge in [-0.25, -0.2) is 0 Å². The van der Waals surface area contributed by atoms with Crippen LogP contribution in [-0.2, 0) is 0 Å². The zero-order valence-electron chi connectivity index (χ0n) is 8.39. The molecule has 1 aromatic carbocycles. The fourth-order valence-electron chi connectivity index (χ4n) is 1.56. The van der Waals surface area contributed by atoms with Gasteiger partial charge in [-0.05, 0) is 5.56 Å². The molecule has 1 nitrogen and oxygen atoms in total. The molecule has 0 heterocycles. The van der Waals surface area contributed by atoms with E-state index in [9.17, 15) is 4.79 Å². The van der Waals surface area contributed by atoms with Gasteiger partial charge in [0, 0.05) is 12.0 Å². The van der Waals surface area contributed by atoms with Crippen molar-refractivity contribution in [3.05, 3.63) is 65.7 Å². The summed E-state index contributed by atoms with van der Waals surface area (Å²) in [6.45, 7) is 0. The predicted molar refractivity (Wildman–Crippen MR) is 62.1 cm³/mol. The first-order valence-corrected chi connectivity index (χ1v) is 5.00. The van der Waals surface area contributed by atoms with Gasteiger partial charge in [0.2, 0.25) is 0 Å². The van der Waals surface area contributed by atoms with Gasteiger partial charge in [0.25, 0.3) is 0 Å². The molecular weight excluding hydrogens is 184 g/mol. The highest BCUT2D eigenvalue weighted by molar-refractivity contribution is 6.02. The third-order valence-electron chi connectivity index (χ3n) is 2.31. The molecule has 1 aliphatic rings. The van der Waals surface area contributed by atoms with Gasteiger partial charge in [-0.15, -0.1) is 0 Å². The van der Waals surface area contributed by atoms with Crippen LogP contribution in [-0.4, -0.2) is 5.78 Å². The van der Waals surface area contributed by atoms with E-state index >= 15 is 0 Å². The van der Waals surface area contributed by atoms with Crippen molar-refractivity contribution in [1.82, 2.24) is 0 Å². The first kappa shape index (κ1) is 9.66. The highest BCUT2D eigenvalue weighted by Crippen LogP contribution is 2.16. The molecule has 0 bridgehead atoms. The maximum atomic E-state index is 11.7. The Hall–Kier alpha value is -1.89. The topological polar surface area (TPSA) is 17.1 Å². The number of hydrogen-bond acceptors (Lipinski definition) is 1. The van der Waals surface area contributed by atoms with E-state index in [1.165, 1.54) is 0 Å². The van der Waals surface area contributed by atoms with Crippen LogP contribution in [0.25, 0.3) is 6.08 Å². The van der Waals surface area contributed by atoms with Gasteiger partial charge >= 0.3 is 0 Å². The molecule has 0 saturated carbocycles. The summed E-state index contributed by atoms with van der Waals surface area (Å²) in [6, 6.07) is 15.5. The van der Waals surface area contributed by atoms with Crippen LogP contribution in [0.2, 0.25) is 0 Å². The molecule has 0 saturated heterocycles. The minimum atomic E-state index is 0.186. The first-order valence-electron chi connectivity index (χ1n) is 5.00. The SMILES string of the molecule is O=C1CC=Cc2ccccccccc21. The van der Waals surface area contributed by atoms with Crippen LogP contribution in [0.3, 0.4) is 0 Å². The Morgan fingerprint density at radius 2 is 1.53 bits per heavy atom. The summed E-state index contributed by atoms with van der Waals surface area (Å²) in [4.78, 5) is 11.7. The molecule has 0 aromatic heterocycles. The van der Waals surface area contributed by atoms with Gasteiger partial charge in [0.1, 0.15) is 0 Å². The maximum Gasteiger partial charge on any atom is 0.167 e. The molecule has 15 heavy (non-hydrogen) atoms. The maximum absolute atomic E-state index is 11.7. The molecule has 74 valence electrons. The predicted octanol–water partition coefficient (Wildman–Crippen LogP) is 3.41. The Labute approximate surface area is 89.4 Å². The average molecular weight is 196 g/mol. The third kappa shape index (κ3) is 2.32. The second-order valence-electron chi connectivity index (χ2n) is 3.39. The molecular formula is C14H12O. The van der Waals surface area contributed by atoms with Gasteiger partial charge in [-0.2, -0.15) is 0 Å². The van der Waals surface area contributed by atoms with Crippen molar-refractivity contribution in [3.63, 3.8) is 0 Å².